The summed E-state index contributed by atoms with van der Waals surface area (Å²) >= 11 is 0. The van der Waals surface area contributed by atoms with E-state index in [0.717, 1.165) is 22.9 Å². The molecule has 19 heavy (non-hydrogen) atoms. The first kappa shape index (κ1) is 13.0. The molecule has 0 fully saturated rings. The summed E-state index contributed by atoms with van der Waals surface area (Å²) < 4.78 is 10.3. The van der Waals surface area contributed by atoms with Crippen molar-refractivity contribution in [1.29, 1.82) is 0 Å². The molecule has 0 saturated carbocycles. The fraction of sp³-hybridized carbons (Fsp3) is 0.133. The third kappa shape index (κ3) is 3.74. The second-order valence-electron chi connectivity index (χ2n) is 3.84. The predicted molar refractivity (Wildman–Crippen MR) is 77.8 cm³/mol. The Hall–Kier alpha value is -2.49. The zero-order chi connectivity index (χ0) is 13.5. The van der Waals surface area contributed by atoms with Gasteiger partial charge in [-0.05, 0) is 24.3 Å². The van der Waals surface area contributed by atoms with E-state index in [1.165, 1.54) is 0 Å². The van der Waals surface area contributed by atoms with Crippen LogP contribution in [-0.4, -0.2) is 20.6 Å². The molecule has 0 radical (unpaired) electrons. The van der Waals surface area contributed by atoms with Crippen LogP contribution in [0.4, 0.5) is 11.4 Å². The van der Waals surface area contributed by atoms with Crippen LogP contribution in [0.2, 0.25) is 0 Å². The van der Waals surface area contributed by atoms with Crippen LogP contribution in [0.1, 0.15) is 0 Å². The minimum atomic E-state index is 0.788. The first-order valence-corrected chi connectivity index (χ1v) is 5.89. The van der Waals surface area contributed by atoms with E-state index in [9.17, 15) is 0 Å². The summed E-state index contributed by atoms with van der Waals surface area (Å²) in [6.07, 6.45) is 1.64. The first-order valence-electron chi connectivity index (χ1n) is 5.89. The van der Waals surface area contributed by atoms with Crippen LogP contribution < -0.4 is 14.8 Å². The van der Waals surface area contributed by atoms with Gasteiger partial charge in [0.15, 0.2) is 0 Å². The minimum absolute atomic E-state index is 0.788. The van der Waals surface area contributed by atoms with Crippen LogP contribution >= 0.6 is 0 Å². The SMILES string of the molecule is COc1cccc(N=CNc2cccc(OC)c2)c1. The molecule has 4 heteroatoms. The van der Waals surface area contributed by atoms with Gasteiger partial charge in [0.25, 0.3) is 0 Å². The van der Waals surface area contributed by atoms with Gasteiger partial charge in [0, 0.05) is 17.8 Å². The highest BCUT2D eigenvalue weighted by Gasteiger charge is 1.94. The van der Waals surface area contributed by atoms with Crippen molar-refractivity contribution in [2.24, 2.45) is 4.99 Å². The summed E-state index contributed by atoms with van der Waals surface area (Å²) in [4.78, 5) is 4.31. The van der Waals surface area contributed by atoms with Crippen LogP contribution in [0.25, 0.3) is 0 Å². The average Bonchev–Trinajstić information content (AvgIpc) is 2.48. The maximum atomic E-state index is 5.15. The number of aliphatic imine (C=N–C) groups is 1. The monoisotopic (exact) mass is 256 g/mol. The normalized spacial score (nSPS) is 10.4. The van der Waals surface area contributed by atoms with Crippen molar-refractivity contribution in [3.05, 3.63) is 48.5 Å². The summed E-state index contributed by atoms with van der Waals surface area (Å²) in [5.41, 5.74) is 1.75. The number of benzene rings is 2. The van der Waals surface area contributed by atoms with Crippen molar-refractivity contribution in [3.8, 4) is 11.5 Å². The molecule has 0 saturated heterocycles. The third-order valence-electron chi connectivity index (χ3n) is 2.57. The van der Waals surface area contributed by atoms with Gasteiger partial charge in [-0.1, -0.05) is 12.1 Å². The van der Waals surface area contributed by atoms with Crippen molar-refractivity contribution in [2.45, 2.75) is 0 Å². The second kappa shape index (κ2) is 6.44. The molecule has 0 aliphatic carbocycles. The lowest BCUT2D eigenvalue weighted by molar-refractivity contribution is 0.415. The van der Waals surface area contributed by atoms with Crippen LogP contribution in [-0.2, 0) is 0 Å². The zero-order valence-corrected chi connectivity index (χ0v) is 11.0. The molecule has 0 heterocycles. The summed E-state index contributed by atoms with van der Waals surface area (Å²) in [5.74, 6) is 1.59. The molecule has 0 atom stereocenters. The molecule has 1 N–H and O–H groups in total. The number of hydrogen-bond acceptors (Lipinski definition) is 3. The summed E-state index contributed by atoms with van der Waals surface area (Å²) in [6, 6.07) is 15.2. The molecule has 0 aliphatic rings. The molecule has 0 aliphatic heterocycles. The number of rotatable bonds is 5. The molecule has 2 aromatic rings. The second-order valence-corrected chi connectivity index (χ2v) is 3.84. The Balaban J connectivity index is 2.02. The number of hydrogen-bond donors (Lipinski definition) is 1. The standard InChI is InChI=1S/C15H16N2O2/c1-18-14-7-3-5-12(9-14)16-11-17-13-6-4-8-15(10-13)19-2/h3-11H,1-2H3,(H,16,17). The first-order chi connectivity index (χ1) is 9.31. The Bertz CT molecular complexity index is 568. The van der Waals surface area contributed by atoms with Crippen LogP contribution in [0.5, 0.6) is 11.5 Å². The number of anilines is 1. The van der Waals surface area contributed by atoms with Gasteiger partial charge in [-0.15, -0.1) is 0 Å². The van der Waals surface area contributed by atoms with E-state index in [1.807, 2.05) is 48.5 Å². The van der Waals surface area contributed by atoms with Gasteiger partial charge in [0.05, 0.1) is 26.2 Å². The molecule has 98 valence electrons. The van der Waals surface area contributed by atoms with E-state index < -0.39 is 0 Å². The van der Waals surface area contributed by atoms with Crippen molar-refractivity contribution >= 4 is 17.7 Å². The van der Waals surface area contributed by atoms with E-state index in [-0.39, 0.29) is 0 Å². The number of methoxy groups -OCH3 is 2. The van der Waals surface area contributed by atoms with Gasteiger partial charge in [-0.25, -0.2) is 4.99 Å². The fourth-order valence-corrected chi connectivity index (χ4v) is 1.58. The van der Waals surface area contributed by atoms with E-state index in [1.54, 1.807) is 20.6 Å². The lowest BCUT2D eigenvalue weighted by Crippen LogP contribution is -1.94. The Morgan fingerprint density at radius 1 is 0.947 bits per heavy atom. The van der Waals surface area contributed by atoms with Gasteiger partial charge in [0.2, 0.25) is 0 Å². The molecule has 0 spiro atoms. The minimum Gasteiger partial charge on any atom is -0.497 e. The van der Waals surface area contributed by atoms with Gasteiger partial charge in [-0.2, -0.15) is 0 Å². The Morgan fingerprint density at radius 3 is 2.37 bits per heavy atom. The smallest absolute Gasteiger partial charge is 0.121 e. The third-order valence-corrected chi connectivity index (χ3v) is 2.57. The molecule has 0 bridgehead atoms. The summed E-state index contributed by atoms with van der Waals surface area (Å²) in [5, 5.41) is 3.09. The Morgan fingerprint density at radius 2 is 1.63 bits per heavy atom. The lowest BCUT2D eigenvalue weighted by Gasteiger charge is -2.03. The maximum absolute atomic E-state index is 5.15. The Labute approximate surface area is 112 Å². The highest BCUT2D eigenvalue weighted by atomic mass is 16.5. The van der Waals surface area contributed by atoms with Crippen molar-refractivity contribution < 1.29 is 9.47 Å². The van der Waals surface area contributed by atoms with Gasteiger partial charge < -0.3 is 14.8 Å². The number of ether oxygens (including phenoxy) is 2. The highest BCUT2D eigenvalue weighted by molar-refractivity contribution is 5.78. The van der Waals surface area contributed by atoms with Gasteiger partial charge in [0.1, 0.15) is 11.5 Å². The lowest BCUT2D eigenvalue weighted by atomic mass is 10.3. The molecule has 0 aromatic heterocycles. The number of nitrogens with one attached hydrogen (secondary N) is 1. The quantitative estimate of drug-likeness (QED) is 0.658. The van der Waals surface area contributed by atoms with E-state index in [2.05, 4.69) is 10.3 Å². The molecule has 4 nitrogen and oxygen atoms in total. The van der Waals surface area contributed by atoms with Crippen LogP contribution in [0, 0.1) is 0 Å². The largest absolute Gasteiger partial charge is 0.497 e. The topological polar surface area (TPSA) is 42.8 Å². The van der Waals surface area contributed by atoms with E-state index in [0.29, 0.717) is 0 Å². The van der Waals surface area contributed by atoms with Crippen molar-refractivity contribution in [2.75, 3.05) is 19.5 Å². The number of nitrogens with zero attached hydrogens (tertiary/aromatic N) is 1. The summed E-state index contributed by atoms with van der Waals surface area (Å²) in [6.45, 7) is 0. The van der Waals surface area contributed by atoms with Crippen molar-refractivity contribution in [3.63, 3.8) is 0 Å². The molecule has 2 rings (SSSR count). The average molecular weight is 256 g/mol. The molecule has 0 amide bonds. The molecular formula is C15H16N2O2. The highest BCUT2D eigenvalue weighted by Crippen LogP contribution is 2.19. The maximum Gasteiger partial charge on any atom is 0.121 e. The fourth-order valence-electron chi connectivity index (χ4n) is 1.58. The van der Waals surface area contributed by atoms with Crippen LogP contribution in [0.15, 0.2) is 53.5 Å². The van der Waals surface area contributed by atoms with Gasteiger partial charge in [-0.3, -0.25) is 0 Å². The Kier molecular flexibility index (Phi) is 4.39. The van der Waals surface area contributed by atoms with E-state index in [4.69, 9.17) is 9.47 Å². The zero-order valence-electron chi connectivity index (χ0n) is 11.0. The molecule has 0 unspecified atom stereocenters. The summed E-state index contributed by atoms with van der Waals surface area (Å²) in [7, 11) is 3.28. The molecule has 2 aromatic carbocycles. The predicted octanol–water partition coefficient (Wildman–Crippen LogP) is 3.48. The molecular weight excluding hydrogens is 240 g/mol. The van der Waals surface area contributed by atoms with Crippen molar-refractivity contribution in [1.82, 2.24) is 0 Å². The van der Waals surface area contributed by atoms with Crippen LogP contribution in [0.3, 0.4) is 0 Å². The van der Waals surface area contributed by atoms with E-state index >= 15 is 0 Å². The van der Waals surface area contributed by atoms with Gasteiger partial charge >= 0.3 is 0 Å².